The van der Waals surface area contributed by atoms with Gasteiger partial charge in [-0.25, -0.2) is 22.7 Å². The van der Waals surface area contributed by atoms with Crippen LogP contribution >= 0.6 is 0 Å². The summed E-state index contributed by atoms with van der Waals surface area (Å²) >= 11 is 0. The summed E-state index contributed by atoms with van der Waals surface area (Å²) in [4.78, 5) is 26.4. The van der Waals surface area contributed by atoms with Crippen molar-refractivity contribution in [1.82, 2.24) is 4.90 Å². The first-order chi connectivity index (χ1) is 14.4. The number of nitrogens with zero attached hydrogens (tertiary/aromatic N) is 2. The van der Waals surface area contributed by atoms with E-state index in [1.54, 1.807) is 0 Å². The summed E-state index contributed by atoms with van der Waals surface area (Å²) in [6.45, 7) is 1.79. The van der Waals surface area contributed by atoms with Gasteiger partial charge in [-0.05, 0) is 49.2 Å². The lowest BCUT2D eigenvalue weighted by atomic mass is 10.1. The van der Waals surface area contributed by atoms with Crippen LogP contribution in [-0.2, 0) is 15.5 Å². The molecule has 0 spiro atoms. The van der Waals surface area contributed by atoms with Crippen LogP contribution in [0.25, 0.3) is 0 Å². The van der Waals surface area contributed by atoms with E-state index >= 15 is 0 Å². The predicted molar refractivity (Wildman–Crippen MR) is 99.6 cm³/mol. The fraction of sp³-hybridized carbons (Fsp3) is 0.263. The van der Waals surface area contributed by atoms with Crippen LogP contribution in [0.2, 0.25) is 0 Å². The van der Waals surface area contributed by atoms with E-state index in [0.717, 1.165) is 35.2 Å². The number of amides is 3. The smallest absolute Gasteiger partial charge is 0.340 e. The van der Waals surface area contributed by atoms with Crippen molar-refractivity contribution in [3.05, 3.63) is 58.7 Å². The van der Waals surface area contributed by atoms with Gasteiger partial charge in [-0.1, -0.05) is 6.07 Å². The van der Waals surface area contributed by atoms with Gasteiger partial charge in [0.1, 0.15) is 30.7 Å². The molecule has 1 atom stereocenters. The molecule has 0 radical (unpaired) electrons. The second-order valence-corrected chi connectivity index (χ2v) is 7.99. The summed E-state index contributed by atoms with van der Waals surface area (Å²) in [6.07, 6.45) is 0. The van der Waals surface area contributed by atoms with Crippen LogP contribution in [-0.4, -0.2) is 40.0 Å². The van der Waals surface area contributed by atoms with Gasteiger partial charge in [0.25, 0.3) is 5.91 Å². The molecule has 0 saturated carbocycles. The summed E-state index contributed by atoms with van der Waals surface area (Å²) in [5.41, 5.74) is -5.58. The number of hydrogen-bond acceptors (Lipinski definition) is 4. The van der Waals surface area contributed by atoms with Gasteiger partial charge in [-0.15, -0.1) is 0 Å². The lowest BCUT2D eigenvalue weighted by Crippen LogP contribution is -2.53. The molecule has 2 aromatic carbocycles. The molecule has 31 heavy (non-hydrogen) atoms. The molecular formula is C19H15F5N2O4S. The summed E-state index contributed by atoms with van der Waals surface area (Å²) in [6, 6.07) is 3.89. The van der Waals surface area contributed by atoms with Gasteiger partial charge in [0.2, 0.25) is 0 Å². The van der Waals surface area contributed by atoms with Crippen molar-refractivity contribution in [3.8, 4) is 0 Å². The van der Waals surface area contributed by atoms with Gasteiger partial charge < -0.3 is 4.74 Å². The topological polar surface area (TPSA) is 66.9 Å². The number of anilines is 1. The normalized spacial score (nSPS) is 15.9. The fourth-order valence-corrected chi connectivity index (χ4v) is 3.91. The molecule has 0 aromatic heterocycles. The molecule has 0 bridgehead atoms. The standard InChI is InChI=1S/C19H15F5N2O4S/c1-10-11(2)15(31(29)19(22,23)24)7-6-14(10)25-8-30-9-26(18(25)28)17(27)16-12(20)4-3-5-13(16)21/h3-7H,8-9H2,1-2H3. The van der Waals surface area contributed by atoms with Crippen LogP contribution in [0.3, 0.4) is 0 Å². The number of imide groups is 1. The maximum Gasteiger partial charge on any atom is 0.475 e. The van der Waals surface area contributed by atoms with Crippen LogP contribution in [0.5, 0.6) is 0 Å². The Morgan fingerprint density at radius 1 is 1.03 bits per heavy atom. The molecular weight excluding hydrogens is 447 g/mol. The highest BCUT2D eigenvalue weighted by molar-refractivity contribution is 7.86. The molecule has 1 unspecified atom stereocenters. The van der Waals surface area contributed by atoms with E-state index in [4.69, 9.17) is 4.74 Å². The van der Waals surface area contributed by atoms with Gasteiger partial charge in [0.15, 0.2) is 10.8 Å². The van der Waals surface area contributed by atoms with Crippen molar-refractivity contribution in [2.24, 2.45) is 0 Å². The molecule has 166 valence electrons. The number of hydrogen-bond donors (Lipinski definition) is 0. The minimum absolute atomic E-state index is 0.0320. The Kier molecular flexibility index (Phi) is 6.14. The third-order valence-electron chi connectivity index (χ3n) is 4.73. The van der Waals surface area contributed by atoms with Crippen molar-refractivity contribution in [2.45, 2.75) is 24.3 Å². The zero-order valence-corrected chi connectivity index (χ0v) is 16.9. The van der Waals surface area contributed by atoms with Crippen molar-refractivity contribution < 1.29 is 40.5 Å². The lowest BCUT2D eigenvalue weighted by Gasteiger charge is -2.35. The minimum Gasteiger partial charge on any atom is -0.340 e. The monoisotopic (exact) mass is 462 g/mol. The third-order valence-corrected chi connectivity index (χ3v) is 6.00. The minimum atomic E-state index is -4.96. The number of alkyl halides is 3. The first-order valence-corrected chi connectivity index (χ1v) is 9.84. The van der Waals surface area contributed by atoms with Crippen molar-refractivity contribution in [1.29, 1.82) is 0 Å². The molecule has 1 aliphatic heterocycles. The van der Waals surface area contributed by atoms with Crippen LogP contribution in [0, 0.1) is 25.5 Å². The van der Waals surface area contributed by atoms with Gasteiger partial charge in [0, 0.05) is 0 Å². The summed E-state index contributed by atoms with van der Waals surface area (Å²) in [5.74, 6) is -3.60. The van der Waals surface area contributed by atoms with E-state index in [2.05, 4.69) is 0 Å². The number of ether oxygens (including phenoxy) is 1. The Bertz CT molecular complexity index is 1070. The molecule has 6 nitrogen and oxygen atoms in total. The van der Waals surface area contributed by atoms with Crippen molar-refractivity contribution in [3.63, 3.8) is 0 Å². The molecule has 0 aliphatic carbocycles. The van der Waals surface area contributed by atoms with Crippen LogP contribution in [0.4, 0.5) is 32.4 Å². The molecule has 1 aliphatic rings. The highest BCUT2D eigenvalue weighted by atomic mass is 32.2. The van der Waals surface area contributed by atoms with E-state index in [9.17, 15) is 35.8 Å². The lowest BCUT2D eigenvalue weighted by molar-refractivity contribution is -0.0385. The molecule has 12 heteroatoms. The first-order valence-electron chi connectivity index (χ1n) is 8.69. The van der Waals surface area contributed by atoms with E-state index in [-0.39, 0.29) is 23.5 Å². The summed E-state index contributed by atoms with van der Waals surface area (Å²) in [7, 11) is -3.27. The van der Waals surface area contributed by atoms with Crippen LogP contribution in [0.1, 0.15) is 21.5 Å². The van der Waals surface area contributed by atoms with E-state index < -0.39 is 57.1 Å². The van der Waals surface area contributed by atoms with Gasteiger partial charge in [-0.3, -0.25) is 9.69 Å². The number of rotatable bonds is 3. The molecule has 1 fully saturated rings. The Hall–Kier alpha value is -2.86. The highest BCUT2D eigenvalue weighted by Crippen LogP contribution is 2.34. The molecule has 2 aromatic rings. The van der Waals surface area contributed by atoms with Gasteiger partial charge >= 0.3 is 11.5 Å². The van der Waals surface area contributed by atoms with Crippen LogP contribution < -0.4 is 4.90 Å². The zero-order valence-electron chi connectivity index (χ0n) is 16.1. The van der Waals surface area contributed by atoms with Crippen molar-refractivity contribution in [2.75, 3.05) is 18.4 Å². The largest absolute Gasteiger partial charge is 0.475 e. The SMILES string of the molecule is Cc1c(N2COCN(C(=O)c3c(F)cccc3F)C2=O)ccc(S(=O)C(F)(F)F)c1C. The summed E-state index contributed by atoms with van der Waals surface area (Å²) < 4.78 is 83.3. The molecule has 3 amide bonds. The fourth-order valence-electron chi connectivity index (χ4n) is 3.03. The quantitative estimate of drug-likeness (QED) is 0.641. The van der Waals surface area contributed by atoms with E-state index in [1.807, 2.05) is 0 Å². The molecule has 0 N–H and O–H groups in total. The van der Waals surface area contributed by atoms with Gasteiger partial charge in [0.05, 0.1) is 10.6 Å². The number of halogens is 5. The van der Waals surface area contributed by atoms with E-state index in [0.29, 0.717) is 4.90 Å². The average Bonchev–Trinajstić information content (AvgIpc) is 2.69. The maximum absolute atomic E-state index is 14.0. The molecule has 1 saturated heterocycles. The Balaban J connectivity index is 1.96. The maximum atomic E-state index is 14.0. The molecule has 3 rings (SSSR count). The highest BCUT2D eigenvalue weighted by Gasteiger charge is 2.40. The van der Waals surface area contributed by atoms with Gasteiger partial charge in [-0.2, -0.15) is 13.2 Å². The first kappa shape index (κ1) is 22.8. The second-order valence-electron chi connectivity index (χ2n) is 6.55. The average molecular weight is 462 g/mol. The Morgan fingerprint density at radius 3 is 2.23 bits per heavy atom. The number of urea groups is 1. The Labute approximate surface area is 175 Å². The summed E-state index contributed by atoms with van der Waals surface area (Å²) in [5, 5.41) is 0. The van der Waals surface area contributed by atoms with E-state index in [1.165, 1.54) is 13.8 Å². The number of benzene rings is 2. The second kappa shape index (κ2) is 8.35. The Morgan fingerprint density at radius 2 is 1.65 bits per heavy atom. The number of carbonyl (C=O) groups excluding carboxylic acids is 2. The third kappa shape index (κ3) is 4.17. The molecule has 1 heterocycles. The number of carbonyl (C=O) groups is 2. The van der Waals surface area contributed by atoms with Crippen LogP contribution in [0.15, 0.2) is 35.2 Å². The zero-order chi connectivity index (χ0) is 23.1. The predicted octanol–water partition coefficient (Wildman–Crippen LogP) is 4.22. The van der Waals surface area contributed by atoms with Crippen molar-refractivity contribution >= 4 is 28.4 Å².